The molecule has 0 bridgehead atoms. The SMILES string of the molecule is Cc1ccc(C=NC(C)c2ccccc2O[Si](C)(C)C)s1. The van der Waals surface area contributed by atoms with E-state index in [1.165, 1.54) is 9.75 Å². The van der Waals surface area contributed by atoms with Gasteiger partial charge in [0, 0.05) is 21.5 Å². The summed E-state index contributed by atoms with van der Waals surface area (Å²) >= 11 is 1.77. The van der Waals surface area contributed by atoms with Crippen molar-refractivity contribution in [3.8, 4) is 5.75 Å². The van der Waals surface area contributed by atoms with E-state index in [0.717, 1.165) is 11.3 Å². The summed E-state index contributed by atoms with van der Waals surface area (Å²) in [6.07, 6.45) is 1.97. The Bertz CT molecular complexity index is 628. The van der Waals surface area contributed by atoms with Gasteiger partial charge in [-0.05, 0) is 51.7 Å². The number of hydrogen-bond acceptors (Lipinski definition) is 3. The van der Waals surface area contributed by atoms with Crippen molar-refractivity contribution < 1.29 is 4.43 Å². The predicted molar refractivity (Wildman–Crippen MR) is 95.5 cm³/mol. The van der Waals surface area contributed by atoms with E-state index < -0.39 is 8.32 Å². The fraction of sp³-hybridized carbons (Fsp3) is 0.353. The standard InChI is InChI=1S/C17H23NOSSi/c1-13-10-11-15(20-13)12-18-14(2)16-8-6-7-9-17(16)19-21(3,4)5/h6-12,14H,1-5H3. The third-order valence-electron chi connectivity index (χ3n) is 2.97. The maximum Gasteiger partial charge on any atom is 0.242 e. The molecule has 0 fully saturated rings. The molecule has 21 heavy (non-hydrogen) atoms. The normalized spacial score (nSPS) is 13.6. The van der Waals surface area contributed by atoms with E-state index in [9.17, 15) is 0 Å². The maximum atomic E-state index is 6.18. The topological polar surface area (TPSA) is 21.6 Å². The van der Waals surface area contributed by atoms with Gasteiger partial charge in [0.05, 0.1) is 6.04 Å². The smallest absolute Gasteiger partial charge is 0.242 e. The molecule has 0 saturated carbocycles. The van der Waals surface area contributed by atoms with Crippen LogP contribution in [0.2, 0.25) is 19.6 Å². The lowest BCUT2D eigenvalue weighted by atomic mass is 10.1. The van der Waals surface area contributed by atoms with E-state index >= 15 is 0 Å². The molecule has 0 spiro atoms. The number of hydrogen-bond donors (Lipinski definition) is 0. The van der Waals surface area contributed by atoms with Gasteiger partial charge in [-0.15, -0.1) is 11.3 Å². The fourth-order valence-corrected chi connectivity index (χ4v) is 3.64. The number of rotatable bonds is 5. The third-order valence-corrected chi connectivity index (χ3v) is 4.74. The molecule has 1 aromatic heterocycles. The highest BCUT2D eigenvalue weighted by Crippen LogP contribution is 2.29. The van der Waals surface area contributed by atoms with Gasteiger partial charge in [0.2, 0.25) is 8.32 Å². The van der Waals surface area contributed by atoms with Gasteiger partial charge in [0.15, 0.2) is 0 Å². The van der Waals surface area contributed by atoms with Crippen LogP contribution in [0.15, 0.2) is 41.4 Å². The quantitative estimate of drug-likeness (QED) is 0.531. The van der Waals surface area contributed by atoms with Crippen LogP contribution >= 0.6 is 11.3 Å². The second-order valence-electron chi connectivity index (χ2n) is 6.15. The van der Waals surface area contributed by atoms with Crippen LogP contribution in [0.5, 0.6) is 5.75 Å². The molecule has 1 heterocycles. The fourth-order valence-electron chi connectivity index (χ4n) is 2.04. The molecule has 4 heteroatoms. The molecule has 2 rings (SSSR count). The van der Waals surface area contributed by atoms with Gasteiger partial charge >= 0.3 is 0 Å². The zero-order chi connectivity index (χ0) is 15.5. The molecule has 1 aromatic carbocycles. The molecular weight excluding hydrogens is 294 g/mol. The number of benzene rings is 1. The van der Waals surface area contributed by atoms with E-state index in [1.54, 1.807) is 11.3 Å². The van der Waals surface area contributed by atoms with Crippen molar-refractivity contribution in [1.29, 1.82) is 0 Å². The lowest BCUT2D eigenvalue weighted by Crippen LogP contribution is -2.29. The average Bonchev–Trinajstić information content (AvgIpc) is 2.80. The molecule has 0 aliphatic heterocycles. The zero-order valence-electron chi connectivity index (χ0n) is 13.4. The number of para-hydroxylation sites is 1. The molecular formula is C17H23NOSSi. The van der Waals surface area contributed by atoms with Crippen LogP contribution < -0.4 is 4.43 Å². The first-order chi connectivity index (χ1) is 9.85. The largest absolute Gasteiger partial charge is 0.544 e. The molecule has 2 aromatic rings. The van der Waals surface area contributed by atoms with Crippen LogP contribution in [-0.4, -0.2) is 14.5 Å². The molecule has 0 amide bonds. The van der Waals surface area contributed by atoms with E-state index in [1.807, 2.05) is 18.3 Å². The summed E-state index contributed by atoms with van der Waals surface area (Å²) < 4.78 is 6.18. The highest BCUT2D eigenvalue weighted by Gasteiger charge is 2.19. The average molecular weight is 318 g/mol. The number of aliphatic imine (C=N–C) groups is 1. The van der Waals surface area contributed by atoms with Crippen molar-refractivity contribution >= 4 is 25.9 Å². The third kappa shape index (κ3) is 4.83. The van der Waals surface area contributed by atoms with Crippen molar-refractivity contribution in [2.75, 3.05) is 0 Å². The van der Waals surface area contributed by atoms with Crippen molar-refractivity contribution in [3.05, 3.63) is 51.7 Å². The second kappa shape index (κ2) is 6.58. The van der Waals surface area contributed by atoms with Crippen LogP contribution in [0.3, 0.4) is 0 Å². The zero-order valence-corrected chi connectivity index (χ0v) is 15.2. The molecule has 0 aliphatic carbocycles. The summed E-state index contributed by atoms with van der Waals surface area (Å²) in [5.41, 5.74) is 1.16. The minimum atomic E-state index is -1.61. The molecule has 0 saturated heterocycles. The van der Waals surface area contributed by atoms with Gasteiger partial charge in [-0.25, -0.2) is 0 Å². The van der Waals surface area contributed by atoms with Crippen LogP contribution in [0, 0.1) is 6.92 Å². The van der Waals surface area contributed by atoms with Crippen LogP contribution in [0.25, 0.3) is 0 Å². The Kier molecular flexibility index (Phi) is 5.01. The number of aryl methyl sites for hydroxylation is 1. The molecule has 0 N–H and O–H groups in total. The molecule has 0 aliphatic rings. The summed E-state index contributed by atoms with van der Waals surface area (Å²) in [4.78, 5) is 7.20. The first-order valence-electron chi connectivity index (χ1n) is 7.23. The monoisotopic (exact) mass is 317 g/mol. The van der Waals surface area contributed by atoms with Crippen LogP contribution in [0.1, 0.15) is 28.3 Å². The lowest BCUT2D eigenvalue weighted by Gasteiger charge is -2.22. The Morgan fingerprint density at radius 3 is 2.48 bits per heavy atom. The summed E-state index contributed by atoms with van der Waals surface area (Å²) in [5.74, 6) is 0.976. The number of nitrogens with zero attached hydrogens (tertiary/aromatic N) is 1. The van der Waals surface area contributed by atoms with Gasteiger partial charge in [-0.2, -0.15) is 0 Å². The Hall–Kier alpha value is -1.39. The summed E-state index contributed by atoms with van der Waals surface area (Å²) in [7, 11) is -1.61. The first kappa shape index (κ1) is 16.0. The van der Waals surface area contributed by atoms with Crippen molar-refractivity contribution in [1.82, 2.24) is 0 Å². The van der Waals surface area contributed by atoms with Gasteiger partial charge in [0.25, 0.3) is 0 Å². The van der Waals surface area contributed by atoms with E-state index in [0.29, 0.717) is 0 Å². The minimum Gasteiger partial charge on any atom is -0.544 e. The Labute approximate surface area is 132 Å². The second-order valence-corrected chi connectivity index (χ2v) is 11.9. The molecule has 2 nitrogen and oxygen atoms in total. The molecule has 112 valence electrons. The van der Waals surface area contributed by atoms with E-state index in [-0.39, 0.29) is 6.04 Å². The predicted octanol–water partition coefficient (Wildman–Crippen LogP) is 5.45. The van der Waals surface area contributed by atoms with Gasteiger partial charge in [0.1, 0.15) is 5.75 Å². The van der Waals surface area contributed by atoms with E-state index in [4.69, 9.17) is 4.43 Å². The van der Waals surface area contributed by atoms with Crippen LogP contribution in [0.4, 0.5) is 0 Å². The summed E-state index contributed by atoms with van der Waals surface area (Å²) in [5, 5.41) is 0. The molecule has 0 radical (unpaired) electrons. The first-order valence-corrected chi connectivity index (χ1v) is 11.5. The summed E-state index contributed by atoms with van der Waals surface area (Å²) in [6.45, 7) is 10.8. The summed E-state index contributed by atoms with van der Waals surface area (Å²) in [6, 6.07) is 12.6. The molecule has 1 atom stereocenters. The minimum absolute atomic E-state index is 0.0972. The van der Waals surface area contributed by atoms with Gasteiger partial charge < -0.3 is 4.43 Å². The Morgan fingerprint density at radius 2 is 1.86 bits per heavy atom. The van der Waals surface area contributed by atoms with Crippen molar-refractivity contribution in [2.45, 2.75) is 39.5 Å². The highest BCUT2D eigenvalue weighted by molar-refractivity contribution is 7.13. The van der Waals surface area contributed by atoms with E-state index in [2.05, 4.69) is 62.7 Å². The number of thiophene rings is 1. The van der Waals surface area contributed by atoms with Crippen molar-refractivity contribution in [2.24, 2.45) is 4.99 Å². The highest BCUT2D eigenvalue weighted by atomic mass is 32.1. The Morgan fingerprint density at radius 1 is 1.14 bits per heavy atom. The van der Waals surface area contributed by atoms with Gasteiger partial charge in [-0.1, -0.05) is 18.2 Å². The van der Waals surface area contributed by atoms with Crippen molar-refractivity contribution in [3.63, 3.8) is 0 Å². The van der Waals surface area contributed by atoms with Crippen LogP contribution in [-0.2, 0) is 0 Å². The Balaban J connectivity index is 2.19. The molecule has 1 unspecified atom stereocenters. The lowest BCUT2D eigenvalue weighted by molar-refractivity contribution is 0.543. The maximum absolute atomic E-state index is 6.18. The van der Waals surface area contributed by atoms with Gasteiger partial charge in [-0.3, -0.25) is 4.99 Å².